The molecule has 0 saturated heterocycles. The van der Waals surface area contributed by atoms with E-state index in [9.17, 15) is 5.11 Å². The number of hydrogen-bond donors (Lipinski definition) is 2. The molecule has 0 aliphatic heterocycles. The number of benzene rings is 1. The van der Waals surface area contributed by atoms with Crippen LogP contribution in [0, 0.1) is 0 Å². The molecule has 0 bridgehead atoms. The maximum absolute atomic E-state index is 9.60. The Kier molecular flexibility index (Phi) is 2.70. The third kappa shape index (κ3) is 1.74. The van der Waals surface area contributed by atoms with Crippen molar-refractivity contribution in [2.75, 3.05) is 6.54 Å². The molecule has 1 aromatic heterocycles. The monoisotopic (exact) mass is 207 g/mol. The van der Waals surface area contributed by atoms with Crippen LogP contribution in [-0.2, 0) is 6.54 Å². The van der Waals surface area contributed by atoms with Crippen LogP contribution in [0.1, 0.15) is 11.8 Å². The molecule has 2 aromatic rings. The van der Waals surface area contributed by atoms with Crippen LogP contribution in [0.2, 0.25) is 0 Å². The van der Waals surface area contributed by atoms with E-state index in [1.165, 1.54) is 4.88 Å². The Bertz CT molecular complexity index is 436. The van der Waals surface area contributed by atoms with E-state index in [1.54, 1.807) is 17.4 Å². The van der Waals surface area contributed by atoms with Gasteiger partial charge in [0, 0.05) is 21.5 Å². The van der Waals surface area contributed by atoms with Crippen molar-refractivity contribution in [2.24, 2.45) is 0 Å². The Morgan fingerprint density at radius 3 is 3.00 bits per heavy atom. The second kappa shape index (κ2) is 3.98. The van der Waals surface area contributed by atoms with Crippen molar-refractivity contribution in [3.8, 4) is 5.75 Å². The van der Waals surface area contributed by atoms with Crippen LogP contribution in [0.15, 0.2) is 24.3 Å². The van der Waals surface area contributed by atoms with Gasteiger partial charge in [0.1, 0.15) is 5.75 Å². The molecule has 14 heavy (non-hydrogen) atoms. The largest absolute Gasteiger partial charge is 0.507 e. The molecule has 0 unspecified atom stereocenters. The molecule has 2 N–H and O–H groups in total. The second-order valence-electron chi connectivity index (χ2n) is 3.18. The number of hydrogen-bond acceptors (Lipinski definition) is 3. The Labute approximate surface area is 87.2 Å². The smallest absolute Gasteiger partial charge is 0.124 e. The fourth-order valence-corrected chi connectivity index (χ4v) is 2.49. The molecule has 0 radical (unpaired) electrons. The molecule has 0 atom stereocenters. The molecule has 1 heterocycles. The van der Waals surface area contributed by atoms with Gasteiger partial charge >= 0.3 is 0 Å². The molecule has 74 valence electrons. The van der Waals surface area contributed by atoms with E-state index < -0.39 is 0 Å². The minimum absolute atomic E-state index is 0.376. The molecule has 0 amide bonds. The Morgan fingerprint density at radius 1 is 1.43 bits per heavy atom. The molecule has 1 aromatic carbocycles. The molecule has 0 fully saturated rings. The van der Waals surface area contributed by atoms with Gasteiger partial charge < -0.3 is 10.4 Å². The summed E-state index contributed by atoms with van der Waals surface area (Å²) >= 11 is 1.73. The van der Waals surface area contributed by atoms with Crippen molar-refractivity contribution < 1.29 is 5.11 Å². The molecular formula is C11H13NOS. The average molecular weight is 207 g/mol. The summed E-state index contributed by atoms with van der Waals surface area (Å²) in [5.74, 6) is 0.376. The molecule has 0 aliphatic rings. The summed E-state index contributed by atoms with van der Waals surface area (Å²) in [6, 6.07) is 7.70. The summed E-state index contributed by atoms with van der Waals surface area (Å²) in [7, 11) is 0. The van der Waals surface area contributed by atoms with Crippen molar-refractivity contribution >= 4 is 21.4 Å². The van der Waals surface area contributed by atoms with Crippen LogP contribution in [-0.4, -0.2) is 11.7 Å². The lowest BCUT2D eigenvalue weighted by atomic mass is 10.2. The van der Waals surface area contributed by atoms with Crippen molar-refractivity contribution in [3.63, 3.8) is 0 Å². The first kappa shape index (κ1) is 9.49. The number of aromatic hydroxyl groups is 1. The van der Waals surface area contributed by atoms with Crippen molar-refractivity contribution in [1.82, 2.24) is 5.32 Å². The van der Waals surface area contributed by atoms with E-state index in [0.29, 0.717) is 5.75 Å². The van der Waals surface area contributed by atoms with Crippen molar-refractivity contribution in [1.29, 1.82) is 0 Å². The predicted molar refractivity (Wildman–Crippen MR) is 60.9 cm³/mol. The van der Waals surface area contributed by atoms with Crippen LogP contribution in [0.5, 0.6) is 5.75 Å². The summed E-state index contributed by atoms with van der Waals surface area (Å²) in [6.45, 7) is 3.94. The van der Waals surface area contributed by atoms with Gasteiger partial charge in [-0.25, -0.2) is 0 Å². The van der Waals surface area contributed by atoms with Crippen LogP contribution >= 0.6 is 11.3 Å². The molecular weight excluding hydrogens is 194 g/mol. The molecule has 0 aliphatic carbocycles. The van der Waals surface area contributed by atoms with Crippen LogP contribution in [0.3, 0.4) is 0 Å². The van der Waals surface area contributed by atoms with Gasteiger partial charge in [0.05, 0.1) is 0 Å². The molecule has 0 spiro atoms. The standard InChI is InChI=1S/C11H13NOS/c1-2-12-7-8-6-9-10(13)4-3-5-11(9)14-8/h3-6,12-13H,2,7H2,1H3. The van der Waals surface area contributed by atoms with Crippen LogP contribution in [0.25, 0.3) is 10.1 Å². The van der Waals surface area contributed by atoms with Crippen LogP contribution < -0.4 is 5.32 Å². The molecule has 0 saturated carbocycles. The van der Waals surface area contributed by atoms with Gasteiger partial charge in [-0.2, -0.15) is 0 Å². The van der Waals surface area contributed by atoms with E-state index in [-0.39, 0.29) is 0 Å². The first-order valence-corrected chi connectivity index (χ1v) is 5.54. The quantitative estimate of drug-likeness (QED) is 0.811. The molecule has 2 rings (SSSR count). The Balaban J connectivity index is 2.36. The Hall–Kier alpha value is -1.06. The van der Waals surface area contributed by atoms with E-state index in [4.69, 9.17) is 0 Å². The van der Waals surface area contributed by atoms with E-state index in [1.807, 2.05) is 12.1 Å². The number of thiophene rings is 1. The van der Waals surface area contributed by atoms with Crippen LogP contribution in [0.4, 0.5) is 0 Å². The minimum Gasteiger partial charge on any atom is -0.507 e. The van der Waals surface area contributed by atoms with E-state index in [0.717, 1.165) is 23.2 Å². The van der Waals surface area contributed by atoms with E-state index in [2.05, 4.69) is 18.3 Å². The highest BCUT2D eigenvalue weighted by Crippen LogP contribution is 2.31. The SMILES string of the molecule is CCNCc1cc2c(O)cccc2s1. The van der Waals surface area contributed by atoms with Gasteiger partial charge in [-0.15, -0.1) is 11.3 Å². The van der Waals surface area contributed by atoms with Crippen molar-refractivity contribution in [3.05, 3.63) is 29.1 Å². The first-order valence-electron chi connectivity index (χ1n) is 4.72. The first-order chi connectivity index (χ1) is 6.81. The summed E-state index contributed by atoms with van der Waals surface area (Å²) < 4.78 is 1.15. The maximum Gasteiger partial charge on any atom is 0.124 e. The van der Waals surface area contributed by atoms with Gasteiger partial charge in [-0.1, -0.05) is 13.0 Å². The lowest BCUT2D eigenvalue weighted by Gasteiger charge is -1.95. The predicted octanol–water partition coefficient (Wildman–Crippen LogP) is 2.72. The van der Waals surface area contributed by atoms with E-state index >= 15 is 0 Å². The topological polar surface area (TPSA) is 32.3 Å². The average Bonchev–Trinajstić information content (AvgIpc) is 2.59. The van der Waals surface area contributed by atoms with Gasteiger partial charge in [-0.05, 0) is 24.7 Å². The van der Waals surface area contributed by atoms with Gasteiger partial charge in [0.15, 0.2) is 0 Å². The maximum atomic E-state index is 9.60. The fraction of sp³-hybridized carbons (Fsp3) is 0.273. The normalized spacial score (nSPS) is 10.9. The Morgan fingerprint density at radius 2 is 2.29 bits per heavy atom. The zero-order chi connectivity index (χ0) is 9.97. The number of nitrogens with one attached hydrogen (secondary N) is 1. The number of fused-ring (bicyclic) bond motifs is 1. The lowest BCUT2D eigenvalue weighted by molar-refractivity contribution is 0.482. The molecule has 3 heteroatoms. The summed E-state index contributed by atoms with van der Waals surface area (Å²) in [5, 5.41) is 13.8. The highest BCUT2D eigenvalue weighted by atomic mass is 32.1. The number of rotatable bonds is 3. The summed E-state index contributed by atoms with van der Waals surface area (Å²) in [5.41, 5.74) is 0. The number of phenols is 1. The third-order valence-electron chi connectivity index (χ3n) is 2.14. The summed E-state index contributed by atoms with van der Waals surface area (Å²) in [6.07, 6.45) is 0. The van der Waals surface area contributed by atoms with Gasteiger partial charge in [0.25, 0.3) is 0 Å². The zero-order valence-corrected chi connectivity index (χ0v) is 8.90. The van der Waals surface area contributed by atoms with Gasteiger partial charge in [0.2, 0.25) is 0 Å². The highest BCUT2D eigenvalue weighted by Gasteiger charge is 2.04. The lowest BCUT2D eigenvalue weighted by Crippen LogP contribution is -2.10. The van der Waals surface area contributed by atoms with Gasteiger partial charge in [-0.3, -0.25) is 0 Å². The highest BCUT2D eigenvalue weighted by molar-refractivity contribution is 7.19. The molecule has 2 nitrogen and oxygen atoms in total. The second-order valence-corrected chi connectivity index (χ2v) is 4.35. The summed E-state index contributed by atoms with van der Waals surface area (Å²) in [4.78, 5) is 1.27. The third-order valence-corrected chi connectivity index (χ3v) is 3.24. The number of phenolic OH excluding ortho intramolecular Hbond substituents is 1. The zero-order valence-electron chi connectivity index (χ0n) is 8.08. The minimum atomic E-state index is 0.376. The fourth-order valence-electron chi connectivity index (χ4n) is 1.43. The van der Waals surface area contributed by atoms with Crippen molar-refractivity contribution in [2.45, 2.75) is 13.5 Å².